The van der Waals surface area contributed by atoms with Crippen molar-refractivity contribution < 1.29 is 9.59 Å². The molecule has 1 N–H and O–H groups in total. The maximum absolute atomic E-state index is 11.2. The summed E-state index contributed by atoms with van der Waals surface area (Å²) in [6.45, 7) is 14.8. The molecule has 27 heavy (non-hydrogen) atoms. The van der Waals surface area contributed by atoms with Gasteiger partial charge in [0.1, 0.15) is 7.38 Å². The maximum atomic E-state index is 11.2. The summed E-state index contributed by atoms with van der Waals surface area (Å²) in [6.07, 6.45) is 3.62. The van der Waals surface area contributed by atoms with Gasteiger partial charge in [0, 0.05) is 25.9 Å². The number of nitrogens with zero attached hydrogens (tertiary/aromatic N) is 1. The molecule has 2 aliphatic heterocycles. The van der Waals surface area contributed by atoms with E-state index in [0.717, 1.165) is 38.8 Å². The molecule has 0 unspecified atom stereocenters. The summed E-state index contributed by atoms with van der Waals surface area (Å²) in [4.78, 5) is 21.3. The molecule has 0 radical (unpaired) electrons. The largest absolute Gasteiger partial charge is 0.370 e. The van der Waals surface area contributed by atoms with E-state index in [2.05, 4.69) is 49.2 Å². The van der Waals surface area contributed by atoms with Gasteiger partial charge in [-0.05, 0) is 12.8 Å². The van der Waals surface area contributed by atoms with Crippen molar-refractivity contribution in [3.8, 4) is 0 Å². The maximum Gasteiger partial charge on any atom is 0.220 e. The van der Waals surface area contributed by atoms with Gasteiger partial charge in [0.2, 0.25) is 11.8 Å². The normalized spacial score (nSPS) is 16.2. The Morgan fingerprint density at radius 3 is 1.44 bits per heavy atom. The molecule has 1 aromatic rings. The van der Waals surface area contributed by atoms with Crippen molar-refractivity contribution in [1.82, 2.24) is 9.88 Å². The number of rotatable bonds is 1. The predicted octanol–water partition coefficient (Wildman–Crippen LogP) is 5.09. The minimum atomic E-state index is -1.30. The second kappa shape index (κ2) is 13.1. The Morgan fingerprint density at radius 2 is 1.30 bits per heavy atom. The molecule has 4 nitrogen and oxygen atoms in total. The van der Waals surface area contributed by atoms with Crippen LogP contribution in [0.15, 0.2) is 36.4 Å². The molecule has 0 spiro atoms. The Balaban J connectivity index is 0.000000349. The van der Waals surface area contributed by atoms with Crippen molar-refractivity contribution in [3.63, 3.8) is 0 Å². The zero-order chi connectivity index (χ0) is 20.9. The van der Waals surface area contributed by atoms with Crippen LogP contribution in [0.4, 0.5) is 0 Å². The smallest absolute Gasteiger partial charge is 0.220 e. The molecule has 2 aliphatic rings. The minimum absolute atomic E-state index is 0.204. The highest BCUT2D eigenvalue weighted by atomic mass is 35.6. The molecule has 3 rings (SSSR count). The first-order valence-electron chi connectivity index (χ1n) is 9.67. The number of benzene rings is 1. The van der Waals surface area contributed by atoms with Gasteiger partial charge in [-0.1, -0.05) is 75.7 Å². The van der Waals surface area contributed by atoms with E-state index in [9.17, 15) is 9.59 Å². The Labute approximate surface area is 172 Å². The van der Waals surface area contributed by atoms with Gasteiger partial charge in [0.25, 0.3) is 0 Å². The summed E-state index contributed by atoms with van der Waals surface area (Å²) < 4.78 is 2.09. The van der Waals surface area contributed by atoms with Gasteiger partial charge >= 0.3 is 0 Å². The van der Waals surface area contributed by atoms with Crippen LogP contribution in [0, 0.1) is 0 Å². The van der Waals surface area contributed by atoms with Crippen LogP contribution in [0.25, 0.3) is 0 Å². The number of hydrogen-bond donors (Lipinski definition) is 1. The van der Waals surface area contributed by atoms with Crippen LogP contribution < -0.4 is 5.32 Å². The van der Waals surface area contributed by atoms with E-state index in [4.69, 9.17) is 11.1 Å². The van der Waals surface area contributed by atoms with Crippen LogP contribution in [0.2, 0.25) is 39.3 Å². The quantitative estimate of drug-likeness (QED) is 0.500. The first-order valence-corrected chi connectivity index (χ1v) is 17.6. The fraction of sp³-hybridized carbons (Fsp3) is 0.600. The summed E-state index contributed by atoms with van der Waals surface area (Å²) in [5.41, 5.74) is 0. The summed E-state index contributed by atoms with van der Waals surface area (Å²) in [7, 11) is -2.44. The van der Waals surface area contributed by atoms with E-state index in [1.165, 1.54) is 0 Å². The van der Waals surface area contributed by atoms with Crippen LogP contribution in [0.1, 0.15) is 25.7 Å². The lowest BCUT2D eigenvalue weighted by Gasteiger charge is -2.29. The van der Waals surface area contributed by atoms with Crippen molar-refractivity contribution in [1.29, 1.82) is 0 Å². The molecule has 7 heteroatoms. The molecule has 0 atom stereocenters. The monoisotopic (exact) mass is 428 g/mol. The summed E-state index contributed by atoms with van der Waals surface area (Å²) in [6, 6.07) is 12.0. The molecule has 0 aromatic heterocycles. The molecular formula is C20H37ClN2O2Si2. The zero-order valence-corrected chi connectivity index (χ0v) is 20.6. The van der Waals surface area contributed by atoms with Gasteiger partial charge < -0.3 is 9.88 Å². The standard InChI is InChI=1S/C7H15NOSi.C6H6.C4H7NO.C3H9ClSi/c1-10(2,3)8-6-4-5-7(8)9;1-2-4-6-5-3-1;6-4-2-1-3-5-4;1-5(2,3)4/h4-6H2,1-3H3;1-6H;1-3H2,(H,5,6);1-3H3. The lowest BCUT2D eigenvalue weighted by atomic mass is 10.4. The molecule has 2 heterocycles. The third-order valence-electron chi connectivity index (χ3n) is 3.45. The van der Waals surface area contributed by atoms with E-state index >= 15 is 0 Å². The average Bonchev–Trinajstić information content (AvgIpc) is 3.19. The molecule has 154 valence electrons. The summed E-state index contributed by atoms with van der Waals surface area (Å²) >= 11 is 5.67. The van der Waals surface area contributed by atoms with Gasteiger partial charge in [0.05, 0.1) is 0 Å². The summed E-state index contributed by atoms with van der Waals surface area (Å²) in [5.74, 6) is 0.578. The van der Waals surface area contributed by atoms with Crippen molar-refractivity contribution in [2.45, 2.75) is 65.0 Å². The zero-order valence-electron chi connectivity index (χ0n) is 17.8. The van der Waals surface area contributed by atoms with E-state index < -0.39 is 15.6 Å². The second-order valence-corrected chi connectivity index (χ2v) is 20.9. The number of carbonyl (C=O) groups is 2. The van der Waals surface area contributed by atoms with Gasteiger partial charge in [-0.3, -0.25) is 9.59 Å². The summed E-state index contributed by atoms with van der Waals surface area (Å²) in [5, 5.41) is 2.68. The van der Waals surface area contributed by atoms with Crippen LogP contribution in [0.5, 0.6) is 0 Å². The van der Waals surface area contributed by atoms with Gasteiger partial charge in [-0.25, -0.2) is 0 Å². The molecule has 2 amide bonds. The number of amides is 2. The van der Waals surface area contributed by atoms with E-state index in [1.807, 2.05) is 36.4 Å². The fourth-order valence-electron chi connectivity index (χ4n) is 2.31. The van der Waals surface area contributed by atoms with Gasteiger partial charge in [-0.15, -0.1) is 0 Å². The second-order valence-electron chi connectivity index (χ2n) is 8.49. The van der Waals surface area contributed by atoms with E-state index in [1.54, 1.807) is 0 Å². The van der Waals surface area contributed by atoms with Gasteiger partial charge in [-0.2, -0.15) is 11.1 Å². The van der Waals surface area contributed by atoms with Crippen molar-refractivity contribution >= 4 is 38.5 Å². The molecule has 1 aromatic carbocycles. The highest BCUT2D eigenvalue weighted by Crippen LogP contribution is 2.18. The lowest BCUT2D eigenvalue weighted by molar-refractivity contribution is -0.124. The van der Waals surface area contributed by atoms with Gasteiger partial charge in [0.15, 0.2) is 8.24 Å². The van der Waals surface area contributed by atoms with Crippen LogP contribution in [-0.4, -0.2) is 45.1 Å². The third kappa shape index (κ3) is 16.8. The molecule has 2 saturated heterocycles. The average molecular weight is 429 g/mol. The SMILES string of the molecule is C[Si](C)(C)Cl.C[Si](C)(C)N1CCCC1=O.O=C1CCCN1.c1ccccc1. The predicted molar refractivity (Wildman–Crippen MR) is 122 cm³/mol. The number of nitrogens with one attached hydrogen (secondary N) is 1. The van der Waals surface area contributed by atoms with E-state index in [0.29, 0.717) is 5.91 Å². The molecular weight excluding hydrogens is 392 g/mol. The van der Waals surface area contributed by atoms with Crippen LogP contribution in [0.3, 0.4) is 0 Å². The fourth-order valence-corrected chi connectivity index (χ4v) is 4.00. The molecule has 0 aliphatic carbocycles. The van der Waals surface area contributed by atoms with Crippen LogP contribution >= 0.6 is 11.1 Å². The minimum Gasteiger partial charge on any atom is -0.370 e. The first kappa shape index (κ1) is 25.9. The Morgan fingerprint density at radius 1 is 0.852 bits per heavy atom. The Hall–Kier alpha value is -1.12. The molecule has 0 saturated carbocycles. The topological polar surface area (TPSA) is 49.4 Å². The number of hydrogen-bond acceptors (Lipinski definition) is 2. The van der Waals surface area contributed by atoms with E-state index in [-0.39, 0.29) is 5.91 Å². The molecule has 2 fully saturated rings. The van der Waals surface area contributed by atoms with Crippen molar-refractivity contribution in [2.75, 3.05) is 13.1 Å². The first-order chi connectivity index (χ1) is 12.4. The van der Waals surface area contributed by atoms with Crippen molar-refractivity contribution in [3.05, 3.63) is 36.4 Å². The lowest BCUT2D eigenvalue weighted by Crippen LogP contribution is -2.46. The Bertz CT molecular complexity index is 502. The Kier molecular flexibility index (Phi) is 12.6. The number of halogens is 1. The third-order valence-corrected chi connectivity index (χ3v) is 5.55. The molecule has 0 bridgehead atoms. The highest BCUT2D eigenvalue weighted by molar-refractivity contribution is 7.18. The van der Waals surface area contributed by atoms with Crippen molar-refractivity contribution in [2.24, 2.45) is 0 Å². The highest BCUT2D eigenvalue weighted by Gasteiger charge is 2.31. The number of carbonyl (C=O) groups excluding carboxylic acids is 2. The van der Waals surface area contributed by atoms with Crippen LogP contribution in [-0.2, 0) is 9.59 Å².